The fourth-order valence-electron chi connectivity index (χ4n) is 9.28. The highest BCUT2D eigenvalue weighted by atomic mass is 16.6. The Morgan fingerprint density at radius 1 is 0.288 bits per heavy atom. The first kappa shape index (κ1) is 64.4. The van der Waals surface area contributed by atoms with Crippen molar-refractivity contribution in [1.29, 1.82) is 0 Å². The van der Waals surface area contributed by atoms with E-state index in [1.807, 2.05) is 0 Å². The van der Waals surface area contributed by atoms with Crippen molar-refractivity contribution in [2.24, 2.45) is 5.92 Å². The molecule has 0 amide bonds. The van der Waals surface area contributed by atoms with Gasteiger partial charge in [0.15, 0.2) is 6.10 Å². The summed E-state index contributed by atoms with van der Waals surface area (Å²) in [5.41, 5.74) is 0. The molecule has 0 aromatic heterocycles. The summed E-state index contributed by atoms with van der Waals surface area (Å²) >= 11 is 0. The number of hydrogen-bond acceptors (Lipinski definition) is 6. The van der Waals surface area contributed by atoms with Crippen molar-refractivity contribution in [1.82, 2.24) is 0 Å². The molecule has 0 spiro atoms. The largest absolute Gasteiger partial charge is 0.462 e. The molecule has 0 aliphatic carbocycles. The zero-order valence-corrected chi connectivity index (χ0v) is 45.2. The van der Waals surface area contributed by atoms with E-state index in [4.69, 9.17) is 14.2 Å². The maximum absolute atomic E-state index is 12.9. The van der Waals surface area contributed by atoms with Crippen molar-refractivity contribution in [3.05, 3.63) is 0 Å². The van der Waals surface area contributed by atoms with E-state index < -0.39 is 6.10 Å². The fraction of sp³-hybridized carbons (Fsp3) is 0.950. The predicted molar refractivity (Wildman–Crippen MR) is 284 cm³/mol. The van der Waals surface area contributed by atoms with Crippen LogP contribution in [-0.2, 0) is 28.6 Å². The second kappa shape index (κ2) is 54.4. The highest BCUT2D eigenvalue weighted by Crippen LogP contribution is 2.18. The van der Waals surface area contributed by atoms with Crippen molar-refractivity contribution in [3.63, 3.8) is 0 Å². The van der Waals surface area contributed by atoms with E-state index in [0.717, 1.165) is 63.7 Å². The first-order valence-corrected chi connectivity index (χ1v) is 29.9. The average Bonchev–Trinajstić information content (AvgIpc) is 3.30. The Hall–Kier alpha value is -1.59. The summed E-state index contributed by atoms with van der Waals surface area (Å²) in [4.78, 5) is 38.1. The monoisotopic (exact) mass is 933 g/mol. The van der Waals surface area contributed by atoms with E-state index in [1.54, 1.807) is 0 Å². The number of esters is 3. The third-order valence-corrected chi connectivity index (χ3v) is 13.8. The molecule has 66 heavy (non-hydrogen) atoms. The van der Waals surface area contributed by atoms with Crippen LogP contribution in [0.15, 0.2) is 0 Å². The number of carbonyl (C=O) groups is 3. The molecule has 0 fully saturated rings. The lowest BCUT2D eigenvalue weighted by atomic mass is 10.0. The molecule has 1 atom stereocenters. The Kier molecular flexibility index (Phi) is 53.0. The number of carbonyl (C=O) groups excluding carboxylic acids is 3. The molecular formula is C60H116O6. The minimum atomic E-state index is -0.761. The summed E-state index contributed by atoms with van der Waals surface area (Å²) < 4.78 is 16.9. The summed E-state index contributed by atoms with van der Waals surface area (Å²) in [6, 6.07) is 0. The summed E-state index contributed by atoms with van der Waals surface area (Å²) in [5.74, 6) is 0.0150. The van der Waals surface area contributed by atoms with E-state index in [9.17, 15) is 14.4 Å². The van der Waals surface area contributed by atoms with Crippen molar-refractivity contribution in [2.45, 2.75) is 348 Å². The van der Waals surface area contributed by atoms with Gasteiger partial charge in [-0.2, -0.15) is 0 Å². The quantitative estimate of drug-likeness (QED) is 0.0343. The van der Waals surface area contributed by atoms with Gasteiger partial charge in [0.25, 0.3) is 0 Å². The van der Waals surface area contributed by atoms with E-state index in [1.165, 1.54) is 238 Å². The molecule has 6 nitrogen and oxygen atoms in total. The number of rotatable bonds is 55. The second-order valence-electron chi connectivity index (χ2n) is 21.1. The molecule has 0 unspecified atom stereocenters. The first-order valence-electron chi connectivity index (χ1n) is 29.9. The Morgan fingerprint density at radius 2 is 0.500 bits per heavy atom. The van der Waals surface area contributed by atoms with Crippen LogP contribution in [0.4, 0.5) is 0 Å². The molecule has 392 valence electrons. The third kappa shape index (κ3) is 53.4. The van der Waals surface area contributed by atoms with Crippen molar-refractivity contribution < 1.29 is 28.6 Å². The minimum Gasteiger partial charge on any atom is -0.462 e. The zero-order valence-electron chi connectivity index (χ0n) is 45.2. The summed E-state index contributed by atoms with van der Waals surface area (Å²) in [5, 5.41) is 0. The average molecular weight is 934 g/mol. The maximum atomic E-state index is 12.9. The summed E-state index contributed by atoms with van der Waals surface area (Å²) in [6.07, 6.45) is 59.6. The van der Waals surface area contributed by atoms with Gasteiger partial charge in [0.1, 0.15) is 13.2 Å². The van der Waals surface area contributed by atoms with Gasteiger partial charge in [-0.1, -0.05) is 304 Å². The minimum absolute atomic E-state index is 0.0617. The standard InChI is InChI=1S/C60H116O6/c1-5-7-9-11-13-15-17-18-19-20-21-22-25-29-33-37-41-45-49-53-60(63)66-57(54-64-58(61)51-47-43-39-35-30-16-14-12-10-8-6-2)55-65-59(62)52-48-44-40-36-32-28-26-23-24-27-31-34-38-42-46-50-56(3)4/h56-57H,5-55H2,1-4H3/t57-/m0/s1. The normalized spacial score (nSPS) is 12.0. The molecule has 0 aromatic carbocycles. The van der Waals surface area contributed by atoms with E-state index in [0.29, 0.717) is 19.3 Å². The van der Waals surface area contributed by atoms with Crippen LogP contribution in [0.5, 0.6) is 0 Å². The van der Waals surface area contributed by atoms with Gasteiger partial charge >= 0.3 is 17.9 Å². The van der Waals surface area contributed by atoms with Crippen LogP contribution in [0.25, 0.3) is 0 Å². The van der Waals surface area contributed by atoms with Crippen LogP contribution in [0.1, 0.15) is 342 Å². The van der Waals surface area contributed by atoms with Gasteiger partial charge in [0.05, 0.1) is 0 Å². The SMILES string of the molecule is CCCCCCCCCCCCCCCCCCCCCC(=O)O[C@@H](COC(=O)CCCCCCCCCCCCC)COC(=O)CCCCCCCCCCCCCCCCCC(C)C. The van der Waals surface area contributed by atoms with Gasteiger partial charge in [-0.05, 0) is 25.2 Å². The topological polar surface area (TPSA) is 78.9 Å². The van der Waals surface area contributed by atoms with Crippen molar-refractivity contribution in [2.75, 3.05) is 13.2 Å². The van der Waals surface area contributed by atoms with Gasteiger partial charge in [0.2, 0.25) is 0 Å². The van der Waals surface area contributed by atoms with Crippen molar-refractivity contribution in [3.8, 4) is 0 Å². The predicted octanol–water partition coefficient (Wildman–Crippen LogP) is 19.8. The van der Waals surface area contributed by atoms with E-state index in [2.05, 4.69) is 27.7 Å². The molecule has 6 heteroatoms. The lowest BCUT2D eigenvalue weighted by Gasteiger charge is -2.18. The van der Waals surface area contributed by atoms with Crippen molar-refractivity contribution >= 4 is 17.9 Å². The Balaban J connectivity index is 4.24. The highest BCUT2D eigenvalue weighted by molar-refractivity contribution is 5.71. The van der Waals surface area contributed by atoms with Crippen LogP contribution in [-0.4, -0.2) is 37.2 Å². The molecule has 0 aromatic rings. The highest BCUT2D eigenvalue weighted by Gasteiger charge is 2.19. The number of ether oxygens (including phenoxy) is 3. The van der Waals surface area contributed by atoms with Crippen LogP contribution in [0.2, 0.25) is 0 Å². The van der Waals surface area contributed by atoms with Crippen LogP contribution >= 0.6 is 0 Å². The second-order valence-corrected chi connectivity index (χ2v) is 21.1. The van der Waals surface area contributed by atoms with E-state index in [-0.39, 0.29) is 31.1 Å². The zero-order chi connectivity index (χ0) is 48.1. The summed E-state index contributed by atoms with van der Waals surface area (Å²) in [6.45, 7) is 9.07. The molecule has 0 heterocycles. The smallest absolute Gasteiger partial charge is 0.306 e. The lowest BCUT2D eigenvalue weighted by Crippen LogP contribution is -2.30. The molecule has 0 bridgehead atoms. The maximum Gasteiger partial charge on any atom is 0.306 e. The Labute approximate surface area is 412 Å². The van der Waals surface area contributed by atoms with Gasteiger partial charge in [-0.25, -0.2) is 0 Å². The van der Waals surface area contributed by atoms with Gasteiger partial charge in [0, 0.05) is 19.3 Å². The molecule has 0 aliphatic rings. The fourth-order valence-corrected chi connectivity index (χ4v) is 9.28. The number of unbranched alkanes of at least 4 members (excludes halogenated alkanes) is 42. The van der Waals surface area contributed by atoms with Crippen LogP contribution < -0.4 is 0 Å². The van der Waals surface area contributed by atoms with Crippen LogP contribution in [0, 0.1) is 5.92 Å². The van der Waals surface area contributed by atoms with Crippen LogP contribution in [0.3, 0.4) is 0 Å². The molecule has 0 radical (unpaired) electrons. The van der Waals surface area contributed by atoms with Gasteiger partial charge in [-0.15, -0.1) is 0 Å². The molecule has 0 N–H and O–H groups in total. The van der Waals surface area contributed by atoms with E-state index >= 15 is 0 Å². The molecule has 0 aliphatic heterocycles. The lowest BCUT2D eigenvalue weighted by molar-refractivity contribution is -0.167. The number of hydrogen-bond donors (Lipinski definition) is 0. The molecule has 0 saturated heterocycles. The van der Waals surface area contributed by atoms with Gasteiger partial charge in [-0.3, -0.25) is 14.4 Å². The summed E-state index contributed by atoms with van der Waals surface area (Å²) in [7, 11) is 0. The Bertz CT molecular complexity index is 996. The molecular weight excluding hydrogens is 817 g/mol. The van der Waals surface area contributed by atoms with Gasteiger partial charge < -0.3 is 14.2 Å². The Morgan fingerprint density at radius 3 is 0.742 bits per heavy atom. The first-order chi connectivity index (χ1) is 32.4. The molecule has 0 rings (SSSR count). The third-order valence-electron chi connectivity index (χ3n) is 13.8. The molecule has 0 saturated carbocycles.